The van der Waals surface area contributed by atoms with Crippen molar-refractivity contribution in [2.45, 2.75) is 26.2 Å². The standard InChI is InChI=1S/C15H17N5OS/c1-11-4-2-3-5-12(11)6-7-13(21)16-9-8-14-19-20-10-17-18-15(20)22-14/h2-5,10H,6-9H2,1H3,(H,16,21). The van der Waals surface area contributed by atoms with Crippen molar-refractivity contribution in [2.24, 2.45) is 0 Å². The van der Waals surface area contributed by atoms with Gasteiger partial charge in [-0.15, -0.1) is 10.2 Å². The fraction of sp³-hybridized carbons (Fsp3) is 0.333. The predicted octanol–water partition coefficient (Wildman–Crippen LogP) is 1.79. The second-order valence-corrected chi connectivity index (χ2v) is 6.12. The van der Waals surface area contributed by atoms with Gasteiger partial charge in [-0.1, -0.05) is 35.6 Å². The fourth-order valence-corrected chi connectivity index (χ4v) is 3.05. The van der Waals surface area contributed by atoms with Gasteiger partial charge in [0, 0.05) is 19.4 Å². The zero-order valence-corrected chi connectivity index (χ0v) is 13.1. The molecule has 0 bridgehead atoms. The minimum Gasteiger partial charge on any atom is -0.356 e. The summed E-state index contributed by atoms with van der Waals surface area (Å²) in [6, 6.07) is 8.16. The van der Waals surface area contributed by atoms with Crippen LogP contribution in [0.25, 0.3) is 4.96 Å². The van der Waals surface area contributed by atoms with Gasteiger partial charge in [0.05, 0.1) is 0 Å². The topological polar surface area (TPSA) is 72.2 Å². The Morgan fingerprint density at radius 1 is 1.32 bits per heavy atom. The van der Waals surface area contributed by atoms with Gasteiger partial charge in [0.15, 0.2) is 0 Å². The van der Waals surface area contributed by atoms with E-state index in [1.807, 2.05) is 12.1 Å². The Hall–Kier alpha value is -2.28. The number of nitrogens with one attached hydrogen (secondary N) is 1. The van der Waals surface area contributed by atoms with Gasteiger partial charge < -0.3 is 5.32 Å². The summed E-state index contributed by atoms with van der Waals surface area (Å²) in [6.07, 6.45) is 3.57. The number of carbonyl (C=O) groups is 1. The summed E-state index contributed by atoms with van der Waals surface area (Å²) in [4.78, 5) is 12.7. The van der Waals surface area contributed by atoms with E-state index in [1.54, 1.807) is 10.8 Å². The van der Waals surface area contributed by atoms with Crippen molar-refractivity contribution in [1.29, 1.82) is 0 Å². The van der Waals surface area contributed by atoms with Gasteiger partial charge in [-0.2, -0.15) is 9.61 Å². The lowest BCUT2D eigenvalue weighted by Gasteiger charge is -2.06. The van der Waals surface area contributed by atoms with Crippen LogP contribution >= 0.6 is 11.3 Å². The SMILES string of the molecule is Cc1ccccc1CCC(=O)NCCc1nn2cnnc2s1. The minimum absolute atomic E-state index is 0.0752. The normalized spacial score (nSPS) is 11.0. The van der Waals surface area contributed by atoms with Gasteiger partial charge in [-0.25, -0.2) is 0 Å². The maximum atomic E-state index is 11.9. The van der Waals surface area contributed by atoms with Crippen LogP contribution in [0.4, 0.5) is 0 Å². The minimum atomic E-state index is 0.0752. The summed E-state index contributed by atoms with van der Waals surface area (Å²) in [6.45, 7) is 2.66. The van der Waals surface area contributed by atoms with E-state index in [2.05, 4.69) is 39.7 Å². The molecule has 6 nitrogen and oxygen atoms in total. The Balaban J connectivity index is 1.42. The van der Waals surface area contributed by atoms with Gasteiger partial charge in [-0.05, 0) is 24.5 Å². The smallest absolute Gasteiger partial charge is 0.234 e. The van der Waals surface area contributed by atoms with E-state index in [1.165, 1.54) is 22.5 Å². The molecule has 2 aromatic heterocycles. The molecule has 3 aromatic rings. The lowest BCUT2D eigenvalue weighted by atomic mass is 10.0. The molecule has 0 unspecified atom stereocenters. The Labute approximate surface area is 132 Å². The Morgan fingerprint density at radius 3 is 3.00 bits per heavy atom. The maximum Gasteiger partial charge on any atom is 0.234 e. The van der Waals surface area contributed by atoms with E-state index in [0.29, 0.717) is 19.4 Å². The molecule has 1 aromatic carbocycles. The molecule has 0 aliphatic carbocycles. The highest BCUT2D eigenvalue weighted by molar-refractivity contribution is 7.16. The van der Waals surface area contributed by atoms with Crippen LogP contribution in [-0.4, -0.2) is 32.3 Å². The Kier molecular flexibility index (Phi) is 4.43. The molecule has 0 saturated carbocycles. The van der Waals surface area contributed by atoms with Crippen LogP contribution in [0, 0.1) is 6.92 Å². The molecule has 1 N–H and O–H groups in total. The van der Waals surface area contributed by atoms with Crippen LogP contribution < -0.4 is 5.32 Å². The molecule has 7 heteroatoms. The third-order valence-electron chi connectivity index (χ3n) is 3.47. The van der Waals surface area contributed by atoms with Crippen LogP contribution in [0.1, 0.15) is 22.6 Å². The van der Waals surface area contributed by atoms with Gasteiger partial charge in [0.1, 0.15) is 11.3 Å². The lowest BCUT2D eigenvalue weighted by Crippen LogP contribution is -2.25. The van der Waals surface area contributed by atoms with Crippen molar-refractivity contribution in [3.63, 3.8) is 0 Å². The van der Waals surface area contributed by atoms with Gasteiger partial charge in [0.25, 0.3) is 0 Å². The summed E-state index contributed by atoms with van der Waals surface area (Å²) in [5.41, 5.74) is 2.46. The molecular formula is C15H17N5OS. The quantitative estimate of drug-likeness (QED) is 0.752. The van der Waals surface area contributed by atoms with Crippen LogP contribution in [0.15, 0.2) is 30.6 Å². The number of hydrogen-bond donors (Lipinski definition) is 1. The average Bonchev–Trinajstić information content (AvgIpc) is 3.07. The van der Waals surface area contributed by atoms with Crippen molar-refractivity contribution in [3.8, 4) is 0 Å². The number of benzene rings is 1. The second kappa shape index (κ2) is 6.65. The summed E-state index contributed by atoms with van der Waals surface area (Å²) < 4.78 is 1.65. The monoisotopic (exact) mass is 315 g/mol. The van der Waals surface area contributed by atoms with Gasteiger partial charge in [0.2, 0.25) is 10.9 Å². The molecule has 0 aliphatic rings. The maximum absolute atomic E-state index is 11.9. The summed E-state index contributed by atoms with van der Waals surface area (Å²) in [5, 5.41) is 15.9. The number of aryl methyl sites for hydroxylation is 2. The van der Waals surface area contributed by atoms with E-state index in [-0.39, 0.29) is 5.91 Å². The third-order valence-corrected chi connectivity index (χ3v) is 4.45. The first kappa shape index (κ1) is 14.6. The van der Waals surface area contributed by atoms with Crippen LogP contribution in [0.2, 0.25) is 0 Å². The highest BCUT2D eigenvalue weighted by Crippen LogP contribution is 2.12. The zero-order chi connectivity index (χ0) is 15.4. The Bertz CT molecular complexity index is 750. The molecular weight excluding hydrogens is 298 g/mol. The highest BCUT2D eigenvalue weighted by Gasteiger charge is 2.07. The molecule has 0 fully saturated rings. The summed E-state index contributed by atoms with van der Waals surface area (Å²) >= 11 is 1.49. The Morgan fingerprint density at radius 2 is 2.18 bits per heavy atom. The number of carbonyl (C=O) groups excluding carboxylic acids is 1. The zero-order valence-electron chi connectivity index (χ0n) is 12.3. The van der Waals surface area contributed by atoms with Gasteiger partial charge >= 0.3 is 0 Å². The summed E-state index contributed by atoms with van der Waals surface area (Å²) in [5.74, 6) is 0.0752. The number of rotatable bonds is 6. The molecule has 0 atom stereocenters. The molecule has 0 spiro atoms. The molecule has 22 heavy (non-hydrogen) atoms. The first-order valence-electron chi connectivity index (χ1n) is 7.19. The van der Waals surface area contributed by atoms with Crippen molar-refractivity contribution in [1.82, 2.24) is 25.1 Å². The van der Waals surface area contributed by atoms with Crippen molar-refractivity contribution in [2.75, 3.05) is 6.54 Å². The van der Waals surface area contributed by atoms with E-state index < -0.39 is 0 Å². The van der Waals surface area contributed by atoms with Gasteiger partial charge in [-0.3, -0.25) is 4.79 Å². The van der Waals surface area contributed by atoms with E-state index in [9.17, 15) is 4.79 Å². The van der Waals surface area contributed by atoms with Crippen molar-refractivity contribution < 1.29 is 4.79 Å². The summed E-state index contributed by atoms with van der Waals surface area (Å²) in [7, 11) is 0. The average molecular weight is 315 g/mol. The predicted molar refractivity (Wildman–Crippen MR) is 84.9 cm³/mol. The van der Waals surface area contributed by atoms with E-state index in [0.717, 1.165) is 16.4 Å². The molecule has 3 rings (SSSR count). The number of fused-ring (bicyclic) bond motifs is 1. The first-order chi connectivity index (χ1) is 10.7. The molecule has 0 radical (unpaired) electrons. The number of aromatic nitrogens is 4. The largest absolute Gasteiger partial charge is 0.356 e. The van der Waals surface area contributed by atoms with E-state index in [4.69, 9.17) is 0 Å². The molecule has 0 aliphatic heterocycles. The highest BCUT2D eigenvalue weighted by atomic mass is 32.1. The second-order valence-electron chi connectivity index (χ2n) is 5.08. The van der Waals surface area contributed by atoms with E-state index >= 15 is 0 Å². The number of hydrogen-bond acceptors (Lipinski definition) is 5. The van der Waals surface area contributed by atoms with Crippen molar-refractivity contribution in [3.05, 3.63) is 46.7 Å². The third kappa shape index (κ3) is 3.48. The number of amides is 1. The van der Waals surface area contributed by atoms with Crippen LogP contribution in [-0.2, 0) is 17.6 Å². The molecule has 1 amide bonds. The fourth-order valence-electron chi connectivity index (χ4n) is 2.24. The van der Waals surface area contributed by atoms with Crippen molar-refractivity contribution >= 4 is 22.2 Å². The molecule has 114 valence electrons. The lowest BCUT2D eigenvalue weighted by molar-refractivity contribution is -0.121. The first-order valence-corrected chi connectivity index (χ1v) is 8.01. The number of nitrogens with zero attached hydrogens (tertiary/aromatic N) is 4. The van der Waals surface area contributed by atoms with Crippen LogP contribution in [0.5, 0.6) is 0 Å². The van der Waals surface area contributed by atoms with Crippen LogP contribution in [0.3, 0.4) is 0 Å². The molecule has 2 heterocycles. The molecule has 0 saturated heterocycles.